The quantitative estimate of drug-likeness (QED) is 0.773. The molecule has 0 aliphatic rings. The van der Waals surface area contributed by atoms with E-state index in [9.17, 15) is 9.90 Å². The van der Waals surface area contributed by atoms with Gasteiger partial charge in [0.2, 0.25) is 0 Å². The molecule has 0 unspecified atom stereocenters. The number of aryl methyl sites for hydroxylation is 1. The molecule has 0 amide bonds. The Kier molecular flexibility index (Phi) is 4.10. The smallest absolute Gasteiger partial charge is 0.341 e. The number of para-hydroxylation sites is 1. The third kappa shape index (κ3) is 3.08. The number of nitrogens with zero attached hydrogens (tertiary/aromatic N) is 1. The Labute approximate surface area is 133 Å². The van der Waals surface area contributed by atoms with Gasteiger partial charge in [-0.25, -0.2) is 4.79 Å². The first-order chi connectivity index (χ1) is 11.2. The van der Waals surface area contributed by atoms with E-state index in [1.54, 1.807) is 25.1 Å². The third-order valence-electron chi connectivity index (χ3n) is 3.46. The van der Waals surface area contributed by atoms with Crippen LogP contribution in [0.1, 0.15) is 21.7 Å². The SMILES string of the molecule is Cc1onc(-c2ccccc2OCc2ccccc2)c1C(=O)O. The van der Waals surface area contributed by atoms with E-state index in [4.69, 9.17) is 9.26 Å². The fraction of sp³-hybridized carbons (Fsp3) is 0.111. The molecule has 5 heteroatoms. The molecule has 23 heavy (non-hydrogen) atoms. The molecule has 5 nitrogen and oxygen atoms in total. The Balaban J connectivity index is 1.94. The highest BCUT2D eigenvalue weighted by Crippen LogP contribution is 2.33. The highest BCUT2D eigenvalue weighted by atomic mass is 16.5. The van der Waals surface area contributed by atoms with Crippen LogP contribution >= 0.6 is 0 Å². The normalized spacial score (nSPS) is 10.5. The van der Waals surface area contributed by atoms with Gasteiger partial charge in [-0.05, 0) is 24.6 Å². The van der Waals surface area contributed by atoms with E-state index in [1.165, 1.54) is 0 Å². The number of aromatic nitrogens is 1. The summed E-state index contributed by atoms with van der Waals surface area (Å²) in [6, 6.07) is 16.9. The molecule has 0 saturated carbocycles. The minimum atomic E-state index is -1.07. The van der Waals surface area contributed by atoms with Gasteiger partial charge in [-0.2, -0.15) is 0 Å². The highest BCUT2D eigenvalue weighted by Gasteiger charge is 2.23. The zero-order valence-corrected chi connectivity index (χ0v) is 12.5. The second-order valence-corrected chi connectivity index (χ2v) is 5.04. The molecule has 0 aliphatic carbocycles. The van der Waals surface area contributed by atoms with Crippen LogP contribution in [-0.2, 0) is 6.61 Å². The second kappa shape index (κ2) is 6.36. The van der Waals surface area contributed by atoms with Crippen LogP contribution in [-0.4, -0.2) is 16.2 Å². The number of carboxylic acid groups (broad SMARTS) is 1. The molecule has 0 bridgehead atoms. The lowest BCUT2D eigenvalue weighted by Gasteiger charge is -2.10. The molecular weight excluding hydrogens is 294 g/mol. The average molecular weight is 309 g/mol. The van der Waals surface area contributed by atoms with Crippen molar-refractivity contribution in [2.24, 2.45) is 0 Å². The number of ether oxygens (including phenoxy) is 1. The molecule has 1 heterocycles. The molecule has 3 rings (SSSR count). The van der Waals surface area contributed by atoms with Gasteiger partial charge in [0, 0.05) is 5.56 Å². The molecule has 1 aromatic heterocycles. The monoisotopic (exact) mass is 309 g/mol. The Morgan fingerprint density at radius 3 is 2.57 bits per heavy atom. The number of carbonyl (C=O) groups is 1. The van der Waals surface area contributed by atoms with Gasteiger partial charge < -0.3 is 14.4 Å². The van der Waals surface area contributed by atoms with E-state index in [-0.39, 0.29) is 17.0 Å². The molecule has 116 valence electrons. The topological polar surface area (TPSA) is 72.6 Å². The summed E-state index contributed by atoms with van der Waals surface area (Å²) in [5.41, 5.74) is 1.95. The lowest BCUT2D eigenvalue weighted by atomic mass is 10.1. The molecule has 0 radical (unpaired) electrons. The molecule has 3 aromatic rings. The average Bonchev–Trinajstić information content (AvgIpc) is 2.96. The number of benzene rings is 2. The third-order valence-corrected chi connectivity index (χ3v) is 3.46. The highest BCUT2D eigenvalue weighted by molar-refractivity contribution is 5.96. The van der Waals surface area contributed by atoms with Crippen LogP contribution in [0, 0.1) is 6.92 Å². The van der Waals surface area contributed by atoms with Crippen LogP contribution in [0.2, 0.25) is 0 Å². The fourth-order valence-electron chi connectivity index (χ4n) is 2.33. The van der Waals surface area contributed by atoms with Crippen molar-refractivity contribution >= 4 is 5.97 Å². The summed E-state index contributed by atoms with van der Waals surface area (Å²) in [4.78, 5) is 11.4. The number of aromatic carboxylic acids is 1. The summed E-state index contributed by atoms with van der Waals surface area (Å²) in [6.07, 6.45) is 0. The maximum absolute atomic E-state index is 11.4. The second-order valence-electron chi connectivity index (χ2n) is 5.04. The number of rotatable bonds is 5. The predicted octanol–water partition coefficient (Wildman–Crippen LogP) is 3.93. The Morgan fingerprint density at radius 1 is 1.13 bits per heavy atom. The van der Waals surface area contributed by atoms with E-state index in [0.717, 1.165) is 5.56 Å². The maximum Gasteiger partial charge on any atom is 0.341 e. The standard InChI is InChI=1S/C18H15NO4/c1-12-16(18(20)21)17(19-23-12)14-9-5-6-10-15(14)22-11-13-7-3-2-4-8-13/h2-10H,11H2,1H3,(H,20,21). The molecule has 1 N–H and O–H groups in total. The van der Waals surface area contributed by atoms with Crippen LogP contribution in [0.3, 0.4) is 0 Å². The van der Waals surface area contributed by atoms with Crippen LogP contribution in [0.5, 0.6) is 5.75 Å². The molecule has 2 aromatic carbocycles. The van der Waals surface area contributed by atoms with Gasteiger partial charge in [0.15, 0.2) is 0 Å². The van der Waals surface area contributed by atoms with Crippen LogP contribution < -0.4 is 4.74 Å². The van der Waals surface area contributed by atoms with Gasteiger partial charge >= 0.3 is 5.97 Å². The van der Waals surface area contributed by atoms with Gasteiger partial charge in [0.05, 0.1) is 0 Å². The summed E-state index contributed by atoms with van der Waals surface area (Å²) >= 11 is 0. The van der Waals surface area contributed by atoms with Crippen LogP contribution in [0.15, 0.2) is 59.1 Å². The van der Waals surface area contributed by atoms with Crippen molar-refractivity contribution in [3.8, 4) is 17.0 Å². The summed E-state index contributed by atoms with van der Waals surface area (Å²) in [7, 11) is 0. The molecule has 0 spiro atoms. The Hall–Kier alpha value is -3.08. The van der Waals surface area contributed by atoms with Gasteiger partial charge in [0.1, 0.15) is 29.4 Å². The van der Waals surface area contributed by atoms with Crippen LogP contribution in [0.25, 0.3) is 11.3 Å². The lowest BCUT2D eigenvalue weighted by molar-refractivity contribution is 0.0696. The van der Waals surface area contributed by atoms with Crippen molar-refractivity contribution < 1.29 is 19.2 Å². The van der Waals surface area contributed by atoms with E-state index < -0.39 is 5.97 Å². The van der Waals surface area contributed by atoms with E-state index in [0.29, 0.717) is 17.9 Å². The van der Waals surface area contributed by atoms with Gasteiger partial charge in [-0.1, -0.05) is 47.6 Å². The summed E-state index contributed by atoms with van der Waals surface area (Å²) < 4.78 is 10.9. The molecule has 0 aliphatic heterocycles. The van der Waals surface area contributed by atoms with Crippen molar-refractivity contribution in [3.05, 3.63) is 71.5 Å². The molecule has 0 atom stereocenters. The number of carboxylic acids is 1. The first kappa shape index (κ1) is 14.8. The van der Waals surface area contributed by atoms with Gasteiger partial charge in [-0.15, -0.1) is 0 Å². The van der Waals surface area contributed by atoms with Crippen molar-refractivity contribution in [2.75, 3.05) is 0 Å². The van der Waals surface area contributed by atoms with Crippen molar-refractivity contribution in [1.29, 1.82) is 0 Å². The number of hydrogen-bond donors (Lipinski definition) is 1. The minimum Gasteiger partial charge on any atom is -0.488 e. The van der Waals surface area contributed by atoms with Crippen molar-refractivity contribution in [3.63, 3.8) is 0 Å². The first-order valence-electron chi connectivity index (χ1n) is 7.12. The zero-order chi connectivity index (χ0) is 16.2. The predicted molar refractivity (Wildman–Crippen MR) is 84.4 cm³/mol. The Morgan fingerprint density at radius 2 is 1.83 bits per heavy atom. The number of hydrogen-bond acceptors (Lipinski definition) is 4. The van der Waals surface area contributed by atoms with Gasteiger partial charge in [0.25, 0.3) is 0 Å². The van der Waals surface area contributed by atoms with Gasteiger partial charge in [-0.3, -0.25) is 0 Å². The fourth-order valence-corrected chi connectivity index (χ4v) is 2.33. The lowest BCUT2D eigenvalue weighted by Crippen LogP contribution is -2.01. The molecule has 0 saturated heterocycles. The molecule has 0 fully saturated rings. The first-order valence-corrected chi connectivity index (χ1v) is 7.12. The van der Waals surface area contributed by atoms with Crippen LogP contribution in [0.4, 0.5) is 0 Å². The van der Waals surface area contributed by atoms with Crippen molar-refractivity contribution in [1.82, 2.24) is 5.16 Å². The van der Waals surface area contributed by atoms with E-state index in [1.807, 2.05) is 36.4 Å². The zero-order valence-electron chi connectivity index (χ0n) is 12.5. The summed E-state index contributed by atoms with van der Waals surface area (Å²) in [5.74, 6) is -0.242. The van der Waals surface area contributed by atoms with E-state index >= 15 is 0 Å². The maximum atomic E-state index is 11.4. The summed E-state index contributed by atoms with van der Waals surface area (Å²) in [5, 5.41) is 13.2. The minimum absolute atomic E-state index is 0.0563. The van der Waals surface area contributed by atoms with Crippen molar-refractivity contribution in [2.45, 2.75) is 13.5 Å². The summed E-state index contributed by atoms with van der Waals surface area (Å²) in [6.45, 7) is 1.96. The largest absolute Gasteiger partial charge is 0.488 e. The molecular formula is C18H15NO4. The van der Waals surface area contributed by atoms with E-state index in [2.05, 4.69) is 5.16 Å². The Bertz CT molecular complexity index is 824.